The third-order valence-electron chi connectivity index (χ3n) is 17.0. The number of amides is 1. The van der Waals surface area contributed by atoms with Gasteiger partial charge in [-0.05, 0) is 51.4 Å². The van der Waals surface area contributed by atoms with E-state index in [1.165, 1.54) is 289 Å². The Kier molecular flexibility index (Phi) is 57.8. The van der Waals surface area contributed by atoms with Crippen LogP contribution in [0.25, 0.3) is 0 Å². The Balaban J connectivity index is 2.08. The lowest BCUT2D eigenvalue weighted by Gasteiger charge is -2.40. The van der Waals surface area contributed by atoms with Crippen molar-refractivity contribution in [1.82, 2.24) is 5.32 Å². The highest BCUT2D eigenvalue weighted by atomic mass is 16.7. The van der Waals surface area contributed by atoms with Crippen LogP contribution in [0.1, 0.15) is 354 Å². The molecule has 7 atom stereocenters. The zero-order chi connectivity index (χ0) is 57.9. The second kappa shape index (κ2) is 60.5. The number of carbonyl (C=O) groups is 1. The van der Waals surface area contributed by atoms with Crippen molar-refractivity contribution in [2.45, 2.75) is 397 Å². The summed E-state index contributed by atoms with van der Waals surface area (Å²) >= 11 is 0. The van der Waals surface area contributed by atoms with Gasteiger partial charge in [0.05, 0.1) is 25.4 Å². The van der Waals surface area contributed by atoms with Gasteiger partial charge < -0.3 is 40.3 Å². The Morgan fingerprint density at radius 3 is 1.07 bits per heavy atom. The van der Waals surface area contributed by atoms with E-state index in [0.29, 0.717) is 6.42 Å². The summed E-state index contributed by atoms with van der Waals surface area (Å²) in [6.45, 7) is 3.83. The average molecular weight is 1130 g/mol. The monoisotopic (exact) mass is 1130 g/mol. The van der Waals surface area contributed by atoms with E-state index >= 15 is 0 Å². The van der Waals surface area contributed by atoms with Crippen molar-refractivity contribution >= 4 is 5.91 Å². The fourth-order valence-electron chi connectivity index (χ4n) is 11.4. The van der Waals surface area contributed by atoms with Crippen LogP contribution >= 0.6 is 0 Å². The third kappa shape index (κ3) is 48.7. The van der Waals surface area contributed by atoms with Gasteiger partial charge in [-0.2, -0.15) is 0 Å². The number of unbranched alkanes of at least 4 members (excludes halogenated alkanes) is 48. The summed E-state index contributed by atoms with van der Waals surface area (Å²) in [7, 11) is 0. The molecule has 7 unspecified atom stereocenters. The summed E-state index contributed by atoms with van der Waals surface area (Å²) < 4.78 is 11.3. The molecule has 6 N–H and O–H groups in total. The van der Waals surface area contributed by atoms with E-state index in [9.17, 15) is 30.3 Å². The molecular formula is C71H135NO8. The number of ether oxygens (including phenoxy) is 2. The summed E-state index contributed by atoms with van der Waals surface area (Å²) in [5, 5.41) is 54.7. The lowest BCUT2D eigenvalue weighted by molar-refractivity contribution is -0.302. The molecule has 1 saturated heterocycles. The number of carbonyl (C=O) groups excluding carboxylic acids is 1. The molecule has 0 aromatic heterocycles. The van der Waals surface area contributed by atoms with E-state index in [1.54, 1.807) is 6.08 Å². The Bertz CT molecular complexity index is 1360. The molecular weight excluding hydrogens is 995 g/mol. The van der Waals surface area contributed by atoms with E-state index < -0.39 is 49.5 Å². The molecule has 0 bridgehead atoms. The highest BCUT2D eigenvalue weighted by Crippen LogP contribution is 2.23. The first-order valence-electron chi connectivity index (χ1n) is 35.2. The van der Waals surface area contributed by atoms with Gasteiger partial charge in [0.25, 0.3) is 0 Å². The van der Waals surface area contributed by atoms with E-state index in [2.05, 4.69) is 43.5 Å². The molecule has 80 heavy (non-hydrogen) atoms. The predicted octanol–water partition coefficient (Wildman–Crippen LogP) is 19.0. The third-order valence-corrected chi connectivity index (χ3v) is 17.0. The second-order valence-electron chi connectivity index (χ2n) is 24.7. The normalized spacial score (nSPS) is 18.6. The van der Waals surface area contributed by atoms with Gasteiger partial charge in [0, 0.05) is 6.42 Å². The Morgan fingerprint density at radius 2 is 0.738 bits per heavy atom. The molecule has 0 saturated carbocycles. The van der Waals surface area contributed by atoms with Crippen molar-refractivity contribution < 1.29 is 39.8 Å². The van der Waals surface area contributed by atoms with Crippen molar-refractivity contribution in [3.8, 4) is 0 Å². The van der Waals surface area contributed by atoms with Crippen LogP contribution in [0.15, 0.2) is 36.5 Å². The van der Waals surface area contributed by atoms with Crippen molar-refractivity contribution in [1.29, 1.82) is 0 Å². The number of rotatable bonds is 62. The van der Waals surface area contributed by atoms with E-state index in [-0.39, 0.29) is 12.5 Å². The van der Waals surface area contributed by atoms with Crippen LogP contribution < -0.4 is 5.32 Å². The number of aliphatic hydroxyl groups is 5. The maximum atomic E-state index is 13.1. The number of nitrogens with one attached hydrogen (secondary N) is 1. The van der Waals surface area contributed by atoms with E-state index in [0.717, 1.165) is 44.9 Å². The van der Waals surface area contributed by atoms with Gasteiger partial charge in [0.15, 0.2) is 6.29 Å². The molecule has 0 aromatic rings. The first-order chi connectivity index (χ1) is 39.3. The van der Waals surface area contributed by atoms with Crippen LogP contribution in [0.2, 0.25) is 0 Å². The zero-order valence-electron chi connectivity index (χ0n) is 52.9. The predicted molar refractivity (Wildman–Crippen MR) is 341 cm³/mol. The topological polar surface area (TPSA) is 149 Å². The number of hydrogen-bond donors (Lipinski definition) is 6. The smallest absolute Gasteiger partial charge is 0.220 e. The van der Waals surface area contributed by atoms with Crippen LogP contribution in [-0.2, 0) is 14.3 Å². The molecule has 1 aliphatic heterocycles. The molecule has 9 heteroatoms. The van der Waals surface area contributed by atoms with Crippen molar-refractivity contribution in [2.75, 3.05) is 13.2 Å². The summed E-state index contributed by atoms with van der Waals surface area (Å²) in [5.74, 6) is -0.171. The summed E-state index contributed by atoms with van der Waals surface area (Å²) in [6.07, 6.45) is 74.0. The minimum atomic E-state index is -1.57. The van der Waals surface area contributed by atoms with Crippen LogP contribution in [0.5, 0.6) is 0 Å². The zero-order valence-corrected chi connectivity index (χ0v) is 52.9. The highest BCUT2D eigenvalue weighted by molar-refractivity contribution is 5.76. The first-order valence-corrected chi connectivity index (χ1v) is 35.2. The van der Waals surface area contributed by atoms with Gasteiger partial charge in [0.1, 0.15) is 24.4 Å². The molecule has 0 aromatic carbocycles. The maximum absolute atomic E-state index is 13.1. The Morgan fingerprint density at radius 1 is 0.425 bits per heavy atom. The van der Waals surface area contributed by atoms with E-state index in [4.69, 9.17) is 9.47 Å². The molecule has 1 aliphatic rings. The van der Waals surface area contributed by atoms with Crippen molar-refractivity contribution in [2.24, 2.45) is 0 Å². The van der Waals surface area contributed by atoms with Crippen LogP contribution in [0, 0.1) is 0 Å². The number of allylic oxidation sites excluding steroid dienone is 5. The molecule has 1 rings (SSSR count). The molecule has 1 heterocycles. The fourth-order valence-corrected chi connectivity index (χ4v) is 11.4. The maximum Gasteiger partial charge on any atom is 0.220 e. The van der Waals surface area contributed by atoms with Gasteiger partial charge in [-0.1, -0.05) is 333 Å². The minimum Gasteiger partial charge on any atom is -0.394 e. The SMILES string of the molecule is CCCCCCCCCCCCCCC/C=C\C/C=C\CCCCCCCCCCCCCCCCCCCC(=O)NC(COC1OC(CO)C(O)C(O)C1O)C(O)/C=C/CCCCCCCCCCCCCCCCCCCC. The molecule has 1 fully saturated rings. The van der Waals surface area contributed by atoms with Crippen LogP contribution in [0.3, 0.4) is 0 Å². The molecule has 1 amide bonds. The first kappa shape index (κ1) is 76.4. The van der Waals surface area contributed by atoms with Crippen LogP contribution in [-0.4, -0.2) is 87.5 Å². The lowest BCUT2D eigenvalue weighted by atomic mass is 9.99. The standard InChI is InChI=1S/C71H135NO8/c1-3-5-7-9-11-13-15-17-19-21-23-25-26-27-28-29-30-31-32-33-34-35-36-37-38-39-40-41-43-45-47-49-51-53-55-57-59-61-67(75)72-64(63-79-71-70(78)69(77)68(76)66(62-73)80-71)65(74)60-58-56-54-52-50-48-46-44-42-24-22-20-18-16-14-12-10-8-6-4-2/h28-29,31-32,58,60,64-66,68-71,73-74,76-78H,3-27,30,33-57,59,61-63H2,1-2H3,(H,72,75)/b29-28-,32-31-,60-58+. The van der Waals surface area contributed by atoms with Gasteiger partial charge in [-0.25, -0.2) is 0 Å². The van der Waals surface area contributed by atoms with Gasteiger partial charge >= 0.3 is 0 Å². The lowest BCUT2D eigenvalue weighted by Crippen LogP contribution is -2.60. The second-order valence-corrected chi connectivity index (χ2v) is 24.7. The quantitative estimate of drug-likeness (QED) is 0.0261. The molecule has 0 radical (unpaired) electrons. The summed E-state index contributed by atoms with van der Waals surface area (Å²) in [6, 6.07) is -0.805. The van der Waals surface area contributed by atoms with Gasteiger partial charge in [-0.15, -0.1) is 0 Å². The van der Waals surface area contributed by atoms with Crippen LogP contribution in [0.4, 0.5) is 0 Å². The number of aliphatic hydroxyl groups excluding tert-OH is 5. The highest BCUT2D eigenvalue weighted by Gasteiger charge is 2.44. The van der Waals surface area contributed by atoms with Gasteiger partial charge in [-0.3, -0.25) is 4.79 Å². The minimum absolute atomic E-state index is 0.171. The average Bonchev–Trinajstić information content (AvgIpc) is 3.46. The number of hydrogen-bond acceptors (Lipinski definition) is 8. The Hall–Kier alpha value is -1.59. The van der Waals surface area contributed by atoms with Crippen molar-refractivity contribution in [3.63, 3.8) is 0 Å². The summed E-state index contributed by atoms with van der Waals surface area (Å²) in [5.41, 5.74) is 0. The molecule has 0 spiro atoms. The summed E-state index contributed by atoms with van der Waals surface area (Å²) in [4.78, 5) is 13.1. The largest absolute Gasteiger partial charge is 0.394 e. The molecule has 0 aliphatic carbocycles. The molecule has 472 valence electrons. The Labute approximate surface area is 495 Å². The van der Waals surface area contributed by atoms with Crippen molar-refractivity contribution in [3.05, 3.63) is 36.5 Å². The van der Waals surface area contributed by atoms with Gasteiger partial charge in [0.2, 0.25) is 5.91 Å². The molecule has 9 nitrogen and oxygen atoms in total. The fraction of sp³-hybridized carbons (Fsp3) is 0.901. The van der Waals surface area contributed by atoms with E-state index in [1.807, 2.05) is 6.08 Å².